The van der Waals surface area contributed by atoms with Crippen LogP contribution in [0.2, 0.25) is 0 Å². The van der Waals surface area contributed by atoms with Crippen molar-refractivity contribution in [2.24, 2.45) is 0 Å². The van der Waals surface area contributed by atoms with Crippen LogP contribution in [0.5, 0.6) is 0 Å². The summed E-state index contributed by atoms with van der Waals surface area (Å²) in [6, 6.07) is 10.3. The van der Waals surface area contributed by atoms with Crippen LogP contribution in [0.25, 0.3) is 0 Å². The van der Waals surface area contributed by atoms with Gasteiger partial charge in [-0.3, -0.25) is 0 Å². The summed E-state index contributed by atoms with van der Waals surface area (Å²) in [6.07, 6.45) is 3.72. The summed E-state index contributed by atoms with van der Waals surface area (Å²) < 4.78 is 0. The van der Waals surface area contributed by atoms with Gasteiger partial charge in [-0.05, 0) is 49.9 Å². The number of likely N-dealkylation sites (N-methyl/N-ethyl adjacent to an activating group) is 1. The largest absolute Gasteiger partial charge is 0.353 e. The lowest BCUT2D eigenvalue weighted by atomic mass is 10.0. The molecule has 0 aliphatic carbocycles. The highest BCUT2D eigenvalue weighted by atomic mass is 16.2. The number of nitrogens with one attached hydrogen (secondary N) is 1. The number of carbonyl (C=O) groups is 1. The van der Waals surface area contributed by atoms with Crippen LogP contribution in [0.4, 0.5) is 10.6 Å². The van der Waals surface area contributed by atoms with Gasteiger partial charge in [-0.1, -0.05) is 23.8 Å². The molecule has 6 nitrogen and oxygen atoms in total. The summed E-state index contributed by atoms with van der Waals surface area (Å²) in [5, 5.41) is 11.2. The number of hydrogen-bond donors (Lipinski definition) is 1. The summed E-state index contributed by atoms with van der Waals surface area (Å²) in [4.78, 5) is 16.7. The Morgan fingerprint density at radius 3 is 2.96 bits per heavy atom. The van der Waals surface area contributed by atoms with Crippen LogP contribution in [-0.4, -0.2) is 47.3 Å². The third-order valence-corrected chi connectivity index (χ3v) is 5.08. The van der Waals surface area contributed by atoms with Gasteiger partial charge < -0.3 is 15.1 Å². The summed E-state index contributed by atoms with van der Waals surface area (Å²) in [5.41, 5.74) is 3.57. The van der Waals surface area contributed by atoms with E-state index in [9.17, 15) is 4.79 Å². The number of hydrogen-bond acceptors (Lipinski definition) is 4. The fourth-order valence-electron chi connectivity index (χ4n) is 3.39. The van der Waals surface area contributed by atoms with Gasteiger partial charge in [-0.15, -0.1) is 5.10 Å². The van der Waals surface area contributed by atoms with E-state index < -0.39 is 0 Å². The Kier molecular flexibility index (Phi) is 5.71. The third-order valence-electron chi connectivity index (χ3n) is 5.08. The Labute approximate surface area is 155 Å². The minimum Gasteiger partial charge on any atom is -0.353 e. The molecule has 138 valence electrons. The lowest BCUT2D eigenvalue weighted by molar-refractivity contribution is 0.182. The first kappa shape index (κ1) is 18.2. The van der Waals surface area contributed by atoms with E-state index in [-0.39, 0.29) is 12.1 Å². The monoisotopic (exact) mass is 353 g/mol. The first-order chi connectivity index (χ1) is 12.5. The predicted molar refractivity (Wildman–Crippen MR) is 103 cm³/mol. The van der Waals surface area contributed by atoms with Crippen LogP contribution < -0.4 is 10.2 Å². The molecule has 6 heteroatoms. The van der Waals surface area contributed by atoms with E-state index in [1.54, 1.807) is 6.20 Å². The number of amides is 2. The van der Waals surface area contributed by atoms with E-state index in [4.69, 9.17) is 0 Å². The van der Waals surface area contributed by atoms with Crippen molar-refractivity contribution < 1.29 is 4.79 Å². The minimum absolute atomic E-state index is 0.0306. The number of aryl methyl sites for hydroxylation is 2. The average molecular weight is 353 g/mol. The lowest BCUT2D eigenvalue weighted by Crippen LogP contribution is -2.51. The molecule has 1 aliphatic heterocycles. The molecule has 1 aliphatic rings. The predicted octanol–water partition coefficient (Wildman–Crippen LogP) is 2.90. The van der Waals surface area contributed by atoms with Gasteiger partial charge in [-0.2, -0.15) is 5.10 Å². The number of urea groups is 1. The van der Waals surface area contributed by atoms with Crippen LogP contribution in [0, 0.1) is 13.8 Å². The van der Waals surface area contributed by atoms with Crippen molar-refractivity contribution in [3.05, 3.63) is 53.2 Å². The fourth-order valence-corrected chi connectivity index (χ4v) is 3.39. The van der Waals surface area contributed by atoms with Gasteiger partial charge in [0, 0.05) is 32.9 Å². The number of carbonyl (C=O) groups excluding carboxylic acids is 1. The standard InChI is InChI=1S/C20H27N5O/c1-15-8-9-16(2)17(12-15)13-21-20(26)24(3)18-6-5-11-25(14-18)19-7-4-10-22-23-19/h4,7-10,12,18H,5-6,11,13-14H2,1-3H3,(H,21,26). The zero-order chi connectivity index (χ0) is 18.5. The van der Waals surface area contributed by atoms with E-state index in [2.05, 4.69) is 52.5 Å². The molecular weight excluding hydrogens is 326 g/mol. The van der Waals surface area contributed by atoms with Crippen LogP contribution in [0.1, 0.15) is 29.5 Å². The second-order valence-corrected chi connectivity index (χ2v) is 7.02. The van der Waals surface area contributed by atoms with Crippen molar-refractivity contribution in [3.8, 4) is 0 Å². The van der Waals surface area contributed by atoms with E-state index in [0.29, 0.717) is 6.54 Å². The number of aromatic nitrogens is 2. The molecule has 3 rings (SSSR count). The van der Waals surface area contributed by atoms with Gasteiger partial charge in [0.25, 0.3) is 0 Å². The highest BCUT2D eigenvalue weighted by Gasteiger charge is 2.26. The van der Waals surface area contributed by atoms with Crippen molar-refractivity contribution in [2.45, 2.75) is 39.3 Å². The topological polar surface area (TPSA) is 61.4 Å². The smallest absolute Gasteiger partial charge is 0.317 e. The number of anilines is 1. The molecule has 26 heavy (non-hydrogen) atoms. The zero-order valence-corrected chi connectivity index (χ0v) is 15.8. The quantitative estimate of drug-likeness (QED) is 0.918. The Morgan fingerprint density at radius 2 is 2.19 bits per heavy atom. The molecule has 0 spiro atoms. The molecule has 1 saturated heterocycles. The van der Waals surface area contributed by atoms with Gasteiger partial charge in [0.05, 0.1) is 6.04 Å². The molecule has 1 aromatic heterocycles. The van der Waals surface area contributed by atoms with Crippen LogP contribution >= 0.6 is 0 Å². The molecular formula is C20H27N5O. The number of rotatable bonds is 4. The number of benzene rings is 1. The number of piperidine rings is 1. The first-order valence-electron chi connectivity index (χ1n) is 9.14. The highest BCUT2D eigenvalue weighted by Crippen LogP contribution is 2.20. The zero-order valence-electron chi connectivity index (χ0n) is 15.8. The Balaban J connectivity index is 1.58. The van der Waals surface area contributed by atoms with E-state index >= 15 is 0 Å². The Bertz CT molecular complexity index is 749. The van der Waals surface area contributed by atoms with Crippen molar-refractivity contribution in [1.82, 2.24) is 20.4 Å². The number of nitrogens with zero attached hydrogens (tertiary/aromatic N) is 4. The molecule has 1 atom stereocenters. The van der Waals surface area contributed by atoms with Gasteiger partial charge >= 0.3 is 6.03 Å². The third kappa shape index (κ3) is 4.31. The van der Waals surface area contributed by atoms with Gasteiger partial charge in [0.15, 0.2) is 5.82 Å². The van der Waals surface area contributed by atoms with E-state index in [1.165, 1.54) is 11.1 Å². The molecule has 1 unspecified atom stereocenters. The highest BCUT2D eigenvalue weighted by molar-refractivity contribution is 5.74. The molecule has 2 aromatic rings. The Hall–Kier alpha value is -2.63. The lowest BCUT2D eigenvalue weighted by Gasteiger charge is -2.38. The Morgan fingerprint density at radius 1 is 1.35 bits per heavy atom. The van der Waals surface area contributed by atoms with Crippen molar-refractivity contribution in [1.29, 1.82) is 0 Å². The summed E-state index contributed by atoms with van der Waals surface area (Å²) >= 11 is 0. The van der Waals surface area contributed by atoms with Crippen LogP contribution in [0.3, 0.4) is 0 Å². The molecule has 0 bridgehead atoms. The maximum Gasteiger partial charge on any atom is 0.317 e. The summed E-state index contributed by atoms with van der Waals surface area (Å²) in [6.45, 7) is 6.43. The van der Waals surface area contributed by atoms with Crippen LogP contribution in [0.15, 0.2) is 36.5 Å². The average Bonchev–Trinajstić information content (AvgIpc) is 2.68. The molecule has 2 amide bonds. The molecule has 2 heterocycles. The van der Waals surface area contributed by atoms with Gasteiger partial charge in [-0.25, -0.2) is 4.79 Å². The van der Waals surface area contributed by atoms with Crippen molar-refractivity contribution in [3.63, 3.8) is 0 Å². The minimum atomic E-state index is -0.0306. The van der Waals surface area contributed by atoms with E-state index in [0.717, 1.165) is 37.3 Å². The maximum atomic E-state index is 12.6. The SMILES string of the molecule is Cc1ccc(C)c(CNC(=O)N(C)C2CCCN(c3cccnn3)C2)c1. The van der Waals surface area contributed by atoms with Crippen molar-refractivity contribution >= 4 is 11.8 Å². The van der Waals surface area contributed by atoms with Crippen LogP contribution in [-0.2, 0) is 6.54 Å². The molecule has 1 N–H and O–H groups in total. The molecule has 0 saturated carbocycles. The molecule has 1 aromatic carbocycles. The van der Waals surface area contributed by atoms with Crippen molar-refractivity contribution in [2.75, 3.05) is 25.0 Å². The normalized spacial score (nSPS) is 17.0. The van der Waals surface area contributed by atoms with Gasteiger partial charge in [0.1, 0.15) is 0 Å². The summed E-state index contributed by atoms with van der Waals surface area (Å²) in [5.74, 6) is 0.876. The first-order valence-corrected chi connectivity index (χ1v) is 9.14. The fraction of sp³-hybridized carbons (Fsp3) is 0.450. The molecule has 0 radical (unpaired) electrons. The summed E-state index contributed by atoms with van der Waals surface area (Å²) in [7, 11) is 1.88. The second-order valence-electron chi connectivity index (χ2n) is 7.02. The van der Waals surface area contributed by atoms with Gasteiger partial charge in [0.2, 0.25) is 0 Å². The van der Waals surface area contributed by atoms with E-state index in [1.807, 2.05) is 24.1 Å². The molecule has 1 fully saturated rings. The maximum absolute atomic E-state index is 12.6. The second kappa shape index (κ2) is 8.17.